The number of carbonyl (C=O) groups excluding carboxylic acids is 1. The summed E-state index contributed by atoms with van der Waals surface area (Å²) in [4.78, 5) is 11.8. The molecule has 1 saturated heterocycles. The van der Waals surface area contributed by atoms with Crippen LogP contribution in [0.15, 0.2) is 35.1 Å². The van der Waals surface area contributed by atoms with Gasteiger partial charge in [0.25, 0.3) is 0 Å². The van der Waals surface area contributed by atoms with E-state index in [0.29, 0.717) is 46.3 Å². The van der Waals surface area contributed by atoms with Crippen LogP contribution >= 0.6 is 0 Å². The molecular weight excluding hydrogens is 578 g/mol. The summed E-state index contributed by atoms with van der Waals surface area (Å²) in [6.07, 6.45) is 16.8. The van der Waals surface area contributed by atoms with Gasteiger partial charge in [0.1, 0.15) is 17.1 Å². The molecule has 5 unspecified atom stereocenters. The van der Waals surface area contributed by atoms with Gasteiger partial charge in [-0.25, -0.2) is 0 Å². The molecule has 47 heavy (non-hydrogen) atoms. The largest absolute Gasteiger partial charge is 0.490 e. The maximum atomic E-state index is 9.44. The Morgan fingerprint density at radius 1 is 1.11 bits per heavy atom. The molecule has 0 aromatic rings. The van der Waals surface area contributed by atoms with E-state index in [9.17, 15) is 4.79 Å². The molecule has 0 aromatic heterocycles. The predicted molar refractivity (Wildman–Crippen MR) is 196 cm³/mol. The molecule has 6 rings (SSSR count). The predicted octanol–water partition coefficient (Wildman–Crippen LogP) is 10.4. The smallest absolute Gasteiger partial charge is 0.126 e. The van der Waals surface area contributed by atoms with E-state index in [4.69, 9.17) is 9.47 Å². The molecule has 1 aliphatic heterocycles. The average molecular weight is 650 g/mol. The maximum Gasteiger partial charge on any atom is 0.126 e. The zero-order valence-corrected chi connectivity index (χ0v) is 33.1. The number of nitrogens with zero attached hydrogens (tertiary/aromatic N) is 1. The van der Waals surface area contributed by atoms with E-state index < -0.39 is 0 Å². The minimum absolute atomic E-state index is 0.0273. The Kier molecular flexibility index (Phi) is 9.52. The zero-order valence-electron chi connectivity index (χ0n) is 33.1. The van der Waals surface area contributed by atoms with E-state index in [0.717, 1.165) is 6.61 Å². The van der Waals surface area contributed by atoms with Gasteiger partial charge in [-0.3, -0.25) is 0 Å². The van der Waals surface area contributed by atoms with E-state index in [-0.39, 0.29) is 33.9 Å². The Bertz CT molecular complexity index is 1310. The monoisotopic (exact) mass is 650 g/mol. The molecule has 3 saturated carbocycles. The minimum atomic E-state index is 0.0273. The normalized spacial score (nSPS) is 44.2. The topological polar surface area (TPSA) is 38.8 Å². The summed E-state index contributed by atoms with van der Waals surface area (Å²) in [5.41, 5.74) is 4.49. The quantitative estimate of drug-likeness (QED) is 0.233. The number of hydrogen-bond donors (Lipinski definition) is 0. The first kappa shape index (κ1) is 36.9. The summed E-state index contributed by atoms with van der Waals surface area (Å²) in [6.45, 7) is 30.8. The zero-order chi connectivity index (χ0) is 35.1. The highest BCUT2D eigenvalue weighted by molar-refractivity contribution is 5.72. The SMILES string of the molecule is C/C=C1/C[C@@](C)(C2CCC3C(=CC[C@]45C=C6O[C@]([C@H](C)C(C)C)(CCC34C)[C@@H]65)C2(C)CC)C1OC[C@@](C)(C(C)C)N(C)C.CC(C)=O. The van der Waals surface area contributed by atoms with Crippen molar-refractivity contribution in [1.29, 1.82) is 0 Å². The molecule has 0 bridgehead atoms. The van der Waals surface area contributed by atoms with Crippen molar-refractivity contribution in [1.82, 2.24) is 4.90 Å². The fourth-order valence-corrected chi connectivity index (χ4v) is 12.1. The second kappa shape index (κ2) is 12.1. The highest BCUT2D eigenvalue weighted by Gasteiger charge is 2.78. The third-order valence-electron chi connectivity index (χ3n) is 16.1. The van der Waals surface area contributed by atoms with Crippen LogP contribution in [-0.2, 0) is 14.3 Å². The summed E-state index contributed by atoms with van der Waals surface area (Å²) < 4.78 is 13.8. The van der Waals surface area contributed by atoms with Gasteiger partial charge in [-0.05, 0) is 139 Å². The average Bonchev–Trinajstić information content (AvgIpc) is 2.96. The lowest BCUT2D eigenvalue weighted by atomic mass is 9.31. The third kappa shape index (κ3) is 4.97. The second-order valence-corrected chi connectivity index (χ2v) is 18.9. The van der Waals surface area contributed by atoms with E-state index in [1.165, 1.54) is 70.1 Å². The Morgan fingerprint density at radius 3 is 2.26 bits per heavy atom. The van der Waals surface area contributed by atoms with Crippen molar-refractivity contribution in [3.8, 4) is 0 Å². The number of likely N-dealkylation sites (N-methyl/N-ethyl adjacent to an activating group) is 1. The molecule has 0 aromatic carbocycles. The molecule has 11 atom stereocenters. The summed E-state index contributed by atoms with van der Waals surface area (Å²) in [7, 11) is 4.43. The van der Waals surface area contributed by atoms with Crippen LogP contribution in [0.5, 0.6) is 0 Å². The van der Waals surface area contributed by atoms with Gasteiger partial charge in [0.05, 0.1) is 18.6 Å². The summed E-state index contributed by atoms with van der Waals surface area (Å²) in [6, 6.07) is 0. The van der Waals surface area contributed by atoms with Gasteiger partial charge >= 0.3 is 0 Å². The molecule has 1 spiro atoms. The van der Waals surface area contributed by atoms with Crippen LogP contribution in [-0.4, -0.2) is 48.6 Å². The van der Waals surface area contributed by atoms with Gasteiger partial charge in [-0.2, -0.15) is 0 Å². The lowest BCUT2D eigenvalue weighted by Gasteiger charge is -2.77. The molecule has 4 fully saturated rings. The Balaban J connectivity index is 0.00000103. The fraction of sp³-hybridized carbons (Fsp3) is 0.837. The van der Waals surface area contributed by atoms with Crippen LogP contribution in [0.2, 0.25) is 0 Å². The highest BCUT2D eigenvalue weighted by Crippen LogP contribution is 2.81. The molecule has 1 heterocycles. The number of Topliss-reactive ketones (excluding diaryl/α,β-unsaturated/α-hetero) is 1. The molecule has 0 N–H and O–H groups in total. The van der Waals surface area contributed by atoms with Gasteiger partial charge in [0.15, 0.2) is 0 Å². The first-order chi connectivity index (χ1) is 21.8. The van der Waals surface area contributed by atoms with E-state index in [1.54, 1.807) is 0 Å². The molecule has 4 heteroatoms. The van der Waals surface area contributed by atoms with Crippen molar-refractivity contribution in [2.24, 2.45) is 57.2 Å². The summed E-state index contributed by atoms with van der Waals surface area (Å²) in [5.74, 6) is 5.29. The van der Waals surface area contributed by atoms with Gasteiger partial charge in [0.2, 0.25) is 0 Å². The maximum absolute atomic E-state index is 9.44. The number of allylic oxidation sites excluding steroid dienone is 4. The van der Waals surface area contributed by atoms with E-state index >= 15 is 0 Å². The second-order valence-electron chi connectivity index (χ2n) is 18.9. The lowest BCUT2D eigenvalue weighted by molar-refractivity contribution is -0.303. The number of hydrogen-bond acceptors (Lipinski definition) is 4. The Hall–Kier alpha value is -1.39. The van der Waals surface area contributed by atoms with Gasteiger partial charge in [0, 0.05) is 16.4 Å². The molecule has 4 nitrogen and oxygen atoms in total. The van der Waals surface area contributed by atoms with Crippen molar-refractivity contribution < 1.29 is 14.3 Å². The minimum Gasteiger partial charge on any atom is -0.490 e. The van der Waals surface area contributed by atoms with Crippen LogP contribution in [0.1, 0.15) is 135 Å². The number of ether oxygens (including phenoxy) is 2. The number of rotatable bonds is 9. The fourth-order valence-electron chi connectivity index (χ4n) is 12.1. The summed E-state index contributed by atoms with van der Waals surface area (Å²) in [5, 5.41) is 0. The molecular formula is C43H71NO3. The summed E-state index contributed by atoms with van der Waals surface area (Å²) >= 11 is 0. The van der Waals surface area contributed by atoms with Gasteiger partial charge in [-0.15, -0.1) is 0 Å². The number of fused-ring (bicyclic) bond motifs is 2. The third-order valence-corrected chi connectivity index (χ3v) is 16.1. The van der Waals surface area contributed by atoms with E-state index in [1.807, 2.05) is 5.57 Å². The van der Waals surface area contributed by atoms with Crippen LogP contribution in [0, 0.1) is 57.2 Å². The van der Waals surface area contributed by atoms with Crippen LogP contribution in [0.3, 0.4) is 0 Å². The van der Waals surface area contributed by atoms with E-state index in [2.05, 4.69) is 113 Å². The molecule has 0 amide bonds. The van der Waals surface area contributed by atoms with Crippen LogP contribution in [0.4, 0.5) is 0 Å². The van der Waals surface area contributed by atoms with Gasteiger partial charge < -0.3 is 19.2 Å². The molecule has 266 valence electrons. The number of carbonyl (C=O) groups is 1. The van der Waals surface area contributed by atoms with Crippen molar-refractivity contribution in [3.63, 3.8) is 0 Å². The molecule has 5 aliphatic carbocycles. The van der Waals surface area contributed by atoms with Crippen molar-refractivity contribution in [3.05, 3.63) is 35.1 Å². The first-order valence-electron chi connectivity index (χ1n) is 19.3. The highest BCUT2D eigenvalue weighted by atomic mass is 16.5. The Labute approximate surface area is 289 Å². The standard InChI is InChI=1S/C40H65NO2.C3H6O/c1-14-28-22-36(9,34(28)42-24-38(11,26(5)6)41(12)13)32-17-16-30-29(35(32,8)15-2)18-19-39-23-31-33(39)40(43-31,27(7)25(3)4)21-20-37(30,39)10;1-3(2)4/h14,18,23,25-27,30,32-34H,15-17,19-22,24H2,1-13H3;1-2H3/b28-14-;/t27-,30?,32?,33+,34?,35?,36+,37?,38+,39-,40+;/m1./s1. The number of ketones is 1. The van der Waals surface area contributed by atoms with Crippen molar-refractivity contribution in [2.75, 3.05) is 20.7 Å². The van der Waals surface area contributed by atoms with Crippen LogP contribution in [0.25, 0.3) is 0 Å². The van der Waals surface area contributed by atoms with Crippen molar-refractivity contribution in [2.45, 2.75) is 152 Å². The lowest BCUT2D eigenvalue weighted by Crippen LogP contribution is -2.75. The Morgan fingerprint density at radius 2 is 1.74 bits per heavy atom. The first-order valence-corrected chi connectivity index (χ1v) is 19.3. The van der Waals surface area contributed by atoms with Crippen molar-refractivity contribution >= 4 is 5.78 Å². The van der Waals surface area contributed by atoms with Gasteiger partial charge in [-0.1, -0.05) is 80.0 Å². The van der Waals surface area contributed by atoms with Crippen LogP contribution < -0.4 is 0 Å². The molecule has 0 radical (unpaired) electrons. The molecule has 6 aliphatic rings.